The van der Waals surface area contributed by atoms with Crippen molar-refractivity contribution in [2.75, 3.05) is 0 Å². The van der Waals surface area contributed by atoms with Gasteiger partial charge in [0, 0.05) is 20.9 Å². The van der Waals surface area contributed by atoms with Crippen LogP contribution in [0.4, 0.5) is 0 Å². The molecule has 148 valence electrons. The van der Waals surface area contributed by atoms with Crippen LogP contribution < -0.4 is 9.47 Å². The quantitative estimate of drug-likeness (QED) is 0.301. The molecule has 1 atom stereocenters. The van der Waals surface area contributed by atoms with Gasteiger partial charge in [-0.3, -0.25) is 0 Å². The fourth-order valence-electron chi connectivity index (χ4n) is 4.18. The summed E-state index contributed by atoms with van der Waals surface area (Å²) < 4.78 is 12.7. The van der Waals surface area contributed by atoms with E-state index in [0.717, 1.165) is 17.9 Å². The maximum atomic E-state index is 6.44. The molecule has 0 amide bonds. The van der Waals surface area contributed by atoms with E-state index in [1.54, 1.807) is 22.7 Å². The van der Waals surface area contributed by atoms with Gasteiger partial charge in [0.25, 0.3) is 0 Å². The molecule has 4 aromatic rings. The Morgan fingerprint density at radius 3 is 1.93 bits per heavy atom. The first-order valence-corrected chi connectivity index (χ1v) is 13.1. The highest BCUT2D eigenvalue weighted by atomic mass is 32.1. The van der Waals surface area contributed by atoms with Crippen molar-refractivity contribution in [3.05, 3.63) is 46.2 Å². The van der Waals surface area contributed by atoms with Crippen molar-refractivity contribution in [1.29, 1.82) is 0 Å². The Morgan fingerprint density at radius 1 is 0.759 bits per heavy atom. The Balaban J connectivity index is 1.54. The number of hydrogen-bond acceptors (Lipinski definition) is 6. The molecule has 0 N–H and O–H groups in total. The molecule has 29 heavy (non-hydrogen) atoms. The summed E-state index contributed by atoms with van der Waals surface area (Å²) in [5.74, 6) is 2.05. The first-order chi connectivity index (χ1) is 13.9. The zero-order valence-corrected chi connectivity index (χ0v) is 19.9. The second kappa shape index (κ2) is 5.97. The van der Waals surface area contributed by atoms with Crippen LogP contribution in [0.3, 0.4) is 0 Å². The van der Waals surface area contributed by atoms with E-state index in [1.165, 1.54) is 40.4 Å². The number of thiophene rings is 4. The smallest absolute Gasteiger partial charge is 0.140 e. The maximum absolute atomic E-state index is 6.44. The molecular weight excluding hydrogens is 437 g/mol. The zero-order chi connectivity index (χ0) is 20.0. The van der Waals surface area contributed by atoms with Crippen LogP contribution in [0.1, 0.15) is 45.2 Å². The third kappa shape index (κ3) is 2.49. The second-order valence-electron chi connectivity index (χ2n) is 8.23. The molecule has 0 spiro atoms. The number of rotatable bonds is 2. The van der Waals surface area contributed by atoms with Crippen LogP contribution in [0.25, 0.3) is 29.3 Å². The molecule has 6 rings (SSSR count). The van der Waals surface area contributed by atoms with Crippen molar-refractivity contribution in [2.45, 2.75) is 45.3 Å². The molecular formula is C23H20O2S4. The number of hydrogen-bond donors (Lipinski definition) is 0. The van der Waals surface area contributed by atoms with Gasteiger partial charge in [0.15, 0.2) is 0 Å². The summed E-state index contributed by atoms with van der Waals surface area (Å²) in [6.45, 7) is 8.77. The topological polar surface area (TPSA) is 18.5 Å². The van der Waals surface area contributed by atoms with E-state index in [-0.39, 0.29) is 11.2 Å². The summed E-state index contributed by atoms with van der Waals surface area (Å²) in [5.41, 5.74) is 2.05. The van der Waals surface area contributed by atoms with Crippen LogP contribution >= 0.6 is 45.3 Å². The summed E-state index contributed by atoms with van der Waals surface area (Å²) in [6, 6.07) is 8.92. The Labute approximate surface area is 186 Å². The van der Waals surface area contributed by atoms with Gasteiger partial charge in [0.1, 0.15) is 22.7 Å². The minimum absolute atomic E-state index is 0.266. The van der Waals surface area contributed by atoms with Gasteiger partial charge < -0.3 is 9.47 Å². The Kier molecular flexibility index (Phi) is 3.75. The number of ether oxygens (including phenoxy) is 2. The maximum Gasteiger partial charge on any atom is 0.140 e. The normalized spacial score (nSPS) is 20.8. The average Bonchev–Trinajstić information content (AvgIpc) is 3.44. The predicted molar refractivity (Wildman–Crippen MR) is 126 cm³/mol. The molecule has 6 heteroatoms. The van der Waals surface area contributed by atoms with Crippen LogP contribution in [0.2, 0.25) is 0 Å². The van der Waals surface area contributed by atoms with E-state index in [4.69, 9.17) is 9.47 Å². The Hall–Kier alpha value is -1.60. The molecule has 0 saturated heterocycles. The molecule has 0 fully saturated rings. The predicted octanol–water partition coefficient (Wildman–Crippen LogP) is 8.58. The highest BCUT2D eigenvalue weighted by Crippen LogP contribution is 2.57. The Bertz CT molecular complexity index is 1250. The van der Waals surface area contributed by atoms with Gasteiger partial charge in [0.2, 0.25) is 0 Å². The summed E-state index contributed by atoms with van der Waals surface area (Å²) in [6.07, 6.45) is 0.950. The van der Waals surface area contributed by atoms with Crippen molar-refractivity contribution >= 4 is 45.3 Å². The molecule has 0 aliphatic carbocycles. The van der Waals surface area contributed by atoms with Crippen LogP contribution in [-0.4, -0.2) is 0 Å². The summed E-state index contributed by atoms with van der Waals surface area (Å²) in [5, 5.41) is 4.26. The fraction of sp³-hybridized carbons (Fsp3) is 0.304. The lowest BCUT2D eigenvalue weighted by molar-refractivity contribution is 0.0811. The molecule has 0 bridgehead atoms. The van der Waals surface area contributed by atoms with E-state index in [2.05, 4.69) is 62.7 Å². The van der Waals surface area contributed by atoms with Gasteiger partial charge in [-0.05, 0) is 62.2 Å². The lowest BCUT2D eigenvalue weighted by Gasteiger charge is -2.33. The van der Waals surface area contributed by atoms with E-state index in [0.29, 0.717) is 0 Å². The van der Waals surface area contributed by atoms with E-state index in [9.17, 15) is 0 Å². The van der Waals surface area contributed by atoms with Gasteiger partial charge in [-0.15, -0.1) is 45.3 Å². The Morgan fingerprint density at radius 2 is 1.31 bits per heavy atom. The lowest BCUT2D eigenvalue weighted by atomic mass is 9.90. The highest BCUT2D eigenvalue weighted by molar-refractivity contribution is 7.28. The molecule has 6 heterocycles. The standard InChI is InChI=1S/C23H20O2S4/c1-5-23(4)13-11-17(29-19(13)21-15(25-23)7-9-27-21)16-10-12-18(28-16)20-14(6-8-26-20)24-22(12,2)3/h6-11H,5H2,1-4H3. The zero-order valence-electron chi connectivity index (χ0n) is 16.6. The van der Waals surface area contributed by atoms with E-state index < -0.39 is 0 Å². The summed E-state index contributed by atoms with van der Waals surface area (Å²) in [4.78, 5) is 7.92. The molecule has 4 aromatic heterocycles. The van der Waals surface area contributed by atoms with Gasteiger partial charge in [-0.2, -0.15) is 0 Å². The van der Waals surface area contributed by atoms with Crippen molar-refractivity contribution in [2.24, 2.45) is 0 Å². The van der Waals surface area contributed by atoms with Crippen LogP contribution in [0, 0.1) is 0 Å². The average molecular weight is 457 g/mol. The summed E-state index contributed by atoms with van der Waals surface area (Å²) >= 11 is 7.35. The molecule has 0 saturated carbocycles. The molecule has 2 nitrogen and oxygen atoms in total. The highest BCUT2D eigenvalue weighted by Gasteiger charge is 2.39. The first-order valence-electron chi connectivity index (χ1n) is 9.72. The van der Waals surface area contributed by atoms with E-state index >= 15 is 0 Å². The van der Waals surface area contributed by atoms with Crippen LogP contribution in [0.15, 0.2) is 35.0 Å². The molecule has 1 unspecified atom stereocenters. The van der Waals surface area contributed by atoms with Gasteiger partial charge in [-0.1, -0.05) is 6.92 Å². The molecule has 2 aliphatic heterocycles. The SMILES string of the molecule is CCC1(C)Oc2ccsc2-c2sc(-c3cc4c(s3)-c3sccc3OC4(C)C)cc21. The largest absolute Gasteiger partial charge is 0.482 e. The first kappa shape index (κ1) is 18.2. The monoisotopic (exact) mass is 456 g/mol. The van der Waals surface area contributed by atoms with Crippen LogP contribution in [0.5, 0.6) is 11.5 Å². The second-order valence-corrected chi connectivity index (χ2v) is 12.2. The number of fused-ring (bicyclic) bond motifs is 6. The summed E-state index contributed by atoms with van der Waals surface area (Å²) in [7, 11) is 0. The molecule has 0 radical (unpaired) electrons. The van der Waals surface area contributed by atoms with Gasteiger partial charge >= 0.3 is 0 Å². The van der Waals surface area contributed by atoms with Crippen molar-refractivity contribution in [1.82, 2.24) is 0 Å². The fourth-order valence-corrected chi connectivity index (χ4v) is 8.81. The van der Waals surface area contributed by atoms with Crippen molar-refractivity contribution in [3.8, 4) is 40.8 Å². The molecule has 2 aliphatic rings. The van der Waals surface area contributed by atoms with Crippen molar-refractivity contribution in [3.63, 3.8) is 0 Å². The molecule has 0 aromatic carbocycles. The van der Waals surface area contributed by atoms with Gasteiger partial charge in [0.05, 0.1) is 19.5 Å². The minimum Gasteiger partial charge on any atom is -0.482 e. The lowest BCUT2D eigenvalue weighted by Crippen LogP contribution is -2.30. The van der Waals surface area contributed by atoms with E-state index in [1.807, 2.05) is 22.7 Å². The van der Waals surface area contributed by atoms with Crippen molar-refractivity contribution < 1.29 is 9.47 Å². The third-order valence-electron chi connectivity index (χ3n) is 5.97. The van der Waals surface area contributed by atoms with Gasteiger partial charge in [-0.25, -0.2) is 0 Å². The minimum atomic E-state index is -0.309. The van der Waals surface area contributed by atoms with Crippen LogP contribution in [-0.2, 0) is 11.2 Å². The third-order valence-corrected chi connectivity index (χ3v) is 10.6.